The van der Waals surface area contributed by atoms with E-state index in [2.05, 4.69) is 10.6 Å². The first-order valence-electron chi connectivity index (χ1n) is 6.99. The highest BCUT2D eigenvalue weighted by atomic mass is 16.5. The second-order valence-corrected chi connectivity index (χ2v) is 5.31. The van der Waals surface area contributed by atoms with E-state index in [-0.39, 0.29) is 24.5 Å². The quantitative estimate of drug-likeness (QED) is 0.531. The van der Waals surface area contributed by atoms with Gasteiger partial charge in [0.1, 0.15) is 12.1 Å². The third kappa shape index (κ3) is 2.92. The van der Waals surface area contributed by atoms with Crippen LogP contribution in [0.1, 0.15) is 32.1 Å². The molecule has 0 aromatic heterocycles. The number of nitrogens with zero attached hydrogens (tertiary/aromatic N) is 1. The van der Waals surface area contributed by atoms with Gasteiger partial charge in [-0.1, -0.05) is 12.8 Å². The Kier molecular flexibility index (Phi) is 4.59. The summed E-state index contributed by atoms with van der Waals surface area (Å²) < 4.78 is 4.69. The van der Waals surface area contributed by atoms with Crippen LogP contribution in [0.5, 0.6) is 0 Å². The van der Waals surface area contributed by atoms with E-state index in [0.717, 1.165) is 25.7 Å². The fraction of sp³-hybridized carbons (Fsp3) is 0.769. The van der Waals surface area contributed by atoms with Crippen molar-refractivity contribution in [1.82, 2.24) is 15.5 Å². The monoisotopic (exact) mass is 283 g/mol. The normalized spacial score (nSPS) is 20.6. The van der Waals surface area contributed by atoms with Crippen molar-refractivity contribution in [3.63, 3.8) is 0 Å². The summed E-state index contributed by atoms with van der Waals surface area (Å²) in [5, 5.41) is 5.49. The molecule has 0 aromatic rings. The lowest BCUT2D eigenvalue weighted by Gasteiger charge is -2.20. The number of hydrogen-bond donors (Lipinski definition) is 2. The summed E-state index contributed by atoms with van der Waals surface area (Å²) in [4.78, 5) is 36.6. The van der Waals surface area contributed by atoms with Gasteiger partial charge in [-0.3, -0.25) is 14.5 Å². The van der Waals surface area contributed by atoms with E-state index in [1.807, 2.05) is 0 Å². The van der Waals surface area contributed by atoms with Gasteiger partial charge in [-0.05, 0) is 19.3 Å². The van der Waals surface area contributed by atoms with Gasteiger partial charge in [0.15, 0.2) is 0 Å². The number of nitrogens with one attached hydrogen (secondary N) is 2. The van der Waals surface area contributed by atoms with Crippen LogP contribution in [0.15, 0.2) is 0 Å². The fourth-order valence-corrected chi connectivity index (χ4v) is 2.84. The molecule has 20 heavy (non-hydrogen) atoms. The zero-order chi connectivity index (χ0) is 14.6. The molecule has 112 valence electrons. The minimum Gasteiger partial charge on any atom is -0.375 e. The predicted octanol–water partition coefficient (Wildman–Crippen LogP) is 0.00370. The van der Waals surface area contributed by atoms with Crippen LogP contribution in [0, 0.1) is 0 Å². The molecule has 0 atom stereocenters. The minimum absolute atomic E-state index is 0.0201. The molecule has 0 unspecified atom stereocenters. The third-order valence-corrected chi connectivity index (χ3v) is 3.86. The van der Waals surface area contributed by atoms with Gasteiger partial charge in [0.25, 0.3) is 5.91 Å². The molecule has 1 aliphatic heterocycles. The number of hydrogen-bond acceptors (Lipinski definition) is 4. The molecule has 1 heterocycles. The molecule has 1 spiro atoms. The maximum Gasteiger partial charge on any atom is 0.325 e. The second kappa shape index (κ2) is 6.21. The molecular formula is C13H21N3O4. The SMILES string of the molecule is COCC(=O)NCCCN1C(=O)NC2(CCCC2)C1=O. The Morgan fingerprint density at radius 2 is 2.10 bits per heavy atom. The number of methoxy groups -OCH3 is 1. The number of amides is 4. The van der Waals surface area contributed by atoms with Crippen molar-refractivity contribution in [3.05, 3.63) is 0 Å². The lowest BCUT2D eigenvalue weighted by molar-refractivity contribution is -0.131. The fourth-order valence-electron chi connectivity index (χ4n) is 2.84. The first-order chi connectivity index (χ1) is 9.59. The number of urea groups is 1. The first-order valence-corrected chi connectivity index (χ1v) is 6.99. The molecule has 7 heteroatoms. The third-order valence-electron chi connectivity index (χ3n) is 3.86. The molecule has 7 nitrogen and oxygen atoms in total. The Labute approximate surface area is 118 Å². The molecule has 1 saturated heterocycles. The number of ether oxygens (including phenoxy) is 1. The Morgan fingerprint density at radius 1 is 1.40 bits per heavy atom. The molecule has 1 aliphatic carbocycles. The average molecular weight is 283 g/mol. The first kappa shape index (κ1) is 14.8. The number of rotatable bonds is 6. The van der Waals surface area contributed by atoms with Crippen molar-refractivity contribution in [3.8, 4) is 0 Å². The minimum atomic E-state index is -0.642. The topological polar surface area (TPSA) is 87.7 Å². The van der Waals surface area contributed by atoms with Gasteiger partial charge in [0.05, 0.1) is 0 Å². The average Bonchev–Trinajstić information content (AvgIpc) is 2.95. The molecule has 4 amide bonds. The van der Waals surface area contributed by atoms with Crippen molar-refractivity contribution in [2.24, 2.45) is 0 Å². The molecule has 1 saturated carbocycles. The van der Waals surface area contributed by atoms with Crippen LogP contribution in [0.4, 0.5) is 4.79 Å². The van der Waals surface area contributed by atoms with Crippen molar-refractivity contribution in [2.45, 2.75) is 37.6 Å². The molecule has 2 fully saturated rings. The standard InChI is InChI=1S/C13H21N3O4/c1-20-9-10(17)14-7-4-8-16-11(18)13(15-12(16)19)5-2-3-6-13/h2-9H2,1H3,(H,14,17)(H,15,19). The Morgan fingerprint density at radius 3 is 2.75 bits per heavy atom. The van der Waals surface area contributed by atoms with Gasteiger partial charge in [0.2, 0.25) is 5.91 Å². The Hall–Kier alpha value is -1.63. The van der Waals surface area contributed by atoms with Crippen LogP contribution in [-0.2, 0) is 14.3 Å². The van der Waals surface area contributed by atoms with Gasteiger partial charge >= 0.3 is 6.03 Å². The van der Waals surface area contributed by atoms with Crippen LogP contribution in [0.3, 0.4) is 0 Å². The lowest BCUT2D eigenvalue weighted by Crippen LogP contribution is -2.44. The molecular weight excluding hydrogens is 262 g/mol. The molecule has 0 aromatic carbocycles. The van der Waals surface area contributed by atoms with Gasteiger partial charge in [-0.15, -0.1) is 0 Å². The van der Waals surface area contributed by atoms with E-state index >= 15 is 0 Å². The van der Waals surface area contributed by atoms with Crippen LogP contribution in [0.25, 0.3) is 0 Å². The summed E-state index contributed by atoms with van der Waals surface area (Å²) in [6, 6.07) is -0.305. The smallest absolute Gasteiger partial charge is 0.325 e. The molecule has 2 rings (SSSR count). The van der Waals surface area contributed by atoms with Crippen LogP contribution in [-0.4, -0.2) is 55.1 Å². The van der Waals surface area contributed by atoms with E-state index in [4.69, 9.17) is 4.74 Å². The van der Waals surface area contributed by atoms with Gasteiger partial charge in [-0.25, -0.2) is 4.79 Å². The number of imide groups is 1. The van der Waals surface area contributed by atoms with Crippen molar-refractivity contribution in [1.29, 1.82) is 0 Å². The van der Waals surface area contributed by atoms with E-state index in [9.17, 15) is 14.4 Å². The predicted molar refractivity (Wildman–Crippen MR) is 70.9 cm³/mol. The summed E-state index contributed by atoms with van der Waals surface area (Å²) in [6.45, 7) is 0.776. The van der Waals surface area contributed by atoms with Gasteiger partial charge < -0.3 is 15.4 Å². The summed E-state index contributed by atoms with van der Waals surface area (Å²) in [5.74, 6) is -0.305. The lowest BCUT2D eigenvalue weighted by atomic mass is 9.98. The largest absolute Gasteiger partial charge is 0.375 e. The Bertz CT molecular complexity index is 404. The van der Waals surface area contributed by atoms with Crippen molar-refractivity contribution in [2.75, 3.05) is 26.8 Å². The van der Waals surface area contributed by atoms with Crippen LogP contribution < -0.4 is 10.6 Å². The number of carbonyl (C=O) groups is 3. The van der Waals surface area contributed by atoms with Crippen LogP contribution in [0.2, 0.25) is 0 Å². The van der Waals surface area contributed by atoms with E-state index in [0.29, 0.717) is 19.5 Å². The highest BCUT2D eigenvalue weighted by Crippen LogP contribution is 2.34. The summed E-state index contributed by atoms with van der Waals surface area (Å²) in [7, 11) is 1.45. The van der Waals surface area contributed by atoms with Gasteiger partial charge in [-0.2, -0.15) is 0 Å². The zero-order valence-electron chi connectivity index (χ0n) is 11.7. The summed E-state index contributed by atoms with van der Waals surface area (Å²) in [5.41, 5.74) is -0.642. The van der Waals surface area contributed by atoms with Crippen molar-refractivity contribution < 1.29 is 19.1 Å². The van der Waals surface area contributed by atoms with E-state index < -0.39 is 5.54 Å². The summed E-state index contributed by atoms with van der Waals surface area (Å²) >= 11 is 0. The van der Waals surface area contributed by atoms with Gasteiger partial charge in [0, 0.05) is 20.2 Å². The molecule has 2 N–H and O–H groups in total. The molecule has 2 aliphatic rings. The highest BCUT2D eigenvalue weighted by molar-refractivity contribution is 6.07. The van der Waals surface area contributed by atoms with E-state index in [1.165, 1.54) is 12.0 Å². The maximum absolute atomic E-state index is 12.3. The second-order valence-electron chi connectivity index (χ2n) is 5.31. The highest BCUT2D eigenvalue weighted by Gasteiger charge is 2.51. The zero-order valence-corrected chi connectivity index (χ0v) is 11.7. The van der Waals surface area contributed by atoms with Crippen molar-refractivity contribution >= 4 is 17.8 Å². The number of carbonyl (C=O) groups excluding carboxylic acids is 3. The summed E-state index contributed by atoms with van der Waals surface area (Å²) in [6.07, 6.45) is 3.97. The Balaban J connectivity index is 1.77. The van der Waals surface area contributed by atoms with E-state index in [1.54, 1.807) is 0 Å². The van der Waals surface area contributed by atoms with Crippen LogP contribution >= 0.6 is 0 Å². The molecule has 0 radical (unpaired) electrons. The molecule has 0 bridgehead atoms. The maximum atomic E-state index is 12.3.